The van der Waals surface area contributed by atoms with Crippen molar-refractivity contribution in [2.24, 2.45) is 0 Å². The van der Waals surface area contributed by atoms with Gasteiger partial charge in [-0.05, 0) is 10.7 Å². The molecule has 0 amide bonds. The molecule has 0 rings (SSSR count). The first kappa shape index (κ1) is 13.2. The molecule has 0 aliphatic rings. The van der Waals surface area contributed by atoms with Gasteiger partial charge in [0, 0.05) is 28.3 Å². The second kappa shape index (κ2) is 10.3. The molecule has 1 unspecified atom stereocenters. The predicted molar refractivity (Wildman–Crippen MR) is 74.7 cm³/mol. The summed E-state index contributed by atoms with van der Waals surface area (Å²) in [7, 11) is 0. The Bertz CT molecular complexity index is 125. The first-order valence-electron chi connectivity index (χ1n) is 3.52. The van der Waals surface area contributed by atoms with Gasteiger partial charge in [0.05, 0.1) is 0 Å². The highest BCUT2D eigenvalue weighted by atomic mass is 32.2. The van der Waals surface area contributed by atoms with Crippen LogP contribution in [0, 0.1) is 0 Å². The fraction of sp³-hybridized carbons (Fsp3) is 0.714. The molecule has 0 aromatic carbocycles. The number of thiol groups is 1. The van der Waals surface area contributed by atoms with E-state index in [-0.39, 0.29) is 0 Å². The van der Waals surface area contributed by atoms with Gasteiger partial charge in [-0.1, -0.05) is 24.4 Å². The molecule has 0 spiro atoms. The molecule has 0 N–H and O–H groups in total. The molecule has 0 aliphatic carbocycles. The van der Waals surface area contributed by atoms with Crippen molar-refractivity contribution < 1.29 is 0 Å². The van der Waals surface area contributed by atoms with E-state index in [9.17, 15) is 0 Å². The van der Waals surface area contributed by atoms with Crippen LogP contribution in [0.15, 0.2) is 0 Å². The normalized spacial score (nSPS) is 12.4. The van der Waals surface area contributed by atoms with Crippen molar-refractivity contribution in [1.29, 1.82) is 0 Å². The van der Waals surface area contributed by atoms with Crippen molar-refractivity contribution in [2.75, 3.05) is 23.0 Å². The molecule has 1 atom stereocenters. The van der Waals surface area contributed by atoms with Gasteiger partial charge in [0.15, 0.2) is 0 Å². The van der Waals surface area contributed by atoms with Gasteiger partial charge in [-0.15, -0.1) is 0 Å². The van der Waals surface area contributed by atoms with Crippen LogP contribution in [0.5, 0.6) is 0 Å². The van der Waals surface area contributed by atoms with Crippen LogP contribution in [0.4, 0.5) is 0 Å². The number of hydrogen-bond donors (Lipinski definition) is 1. The van der Waals surface area contributed by atoms with E-state index in [1.807, 2.05) is 23.5 Å². The highest BCUT2D eigenvalue weighted by molar-refractivity contribution is 8.05. The van der Waals surface area contributed by atoms with Gasteiger partial charge in [0.2, 0.25) is 0 Å². The van der Waals surface area contributed by atoms with Crippen LogP contribution in [0.3, 0.4) is 0 Å². The lowest BCUT2D eigenvalue weighted by Crippen LogP contribution is -2.09. The zero-order valence-corrected chi connectivity index (χ0v) is 10.8. The zero-order chi connectivity index (χ0) is 9.23. The minimum Gasteiger partial charge on any atom is -0.178 e. The van der Waals surface area contributed by atoms with E-state index >= 15 is 0 Å². The highest BCUT2D eigenvalue weighted by Crippen LogP contribution is 2.16. The summed E-state index contributed by atoms with van der Waals surface area (Å²) >= 11 is 17.5. The number of thiocarbonyl (C=S) groups is 2. The van der Waals surface area contributed by atoms with Crippen LogP contribution in [0.2, 0.25) is 0 Å². The summed E-state index contributed by atoms with van der Waals surface area (Å²) in [5, 5.41) is 4.14. The van der Waals surface area contributed by atoms with Gasteiger partial charge in [0.1, 0.15) is 0 Å². The molecule has 12 heavy (non-hydrogen) atoms. The minimum absolute atomic E-state index is 0.604. The first-order chi connectivity index (χ1) is 5.85. The van der Waals surface area contributed by atoms with Crippen molar-refractivity contribution in [3.05, 3.63) is 0 Å². The Morgan fingerprint density at radius 1 is 1.25 bits per heavy atom. The molecule has 0 heterocycles. The summed E-state index contributed by atoms with van der Waals surface area (Å²) in [6.45, 7) is 0. The molecular weight excluding hydrogens is 244 g/mol. The molecule has 0 aromatic rings. The van der Waals surface area contributed by atoms with Crippen molar-refractivity contribution in [3.63, 3.8) is 0 Å². The summed E-state index contributed by atoms with van der Waals surface area (Å²) in [4.78, 5) is 0. The first-order valence-corrected chi connectivity index (χ1v) is 7.30. The van der Waals surface area contributed by atoms with E-state index in [2.05, 4.69) is 12.6 Å². The SMILES string of the molecule is S=CCSCC(CS)SCC=S. The molecule has 0 fully saturated rings. The minimum atomic E-state index is 0.604. The number of hydrogen-bond acceptors (Lipinski definition) is 5. The molecule has 70 valence electrons. The van der Waals surface area contributed by atoms with Crippen LogP contribution in [-0.2, 0) is 0 Å². The zero-order valence-electron chi connectivity index (χ0n) is 6.64. The quantitative estimate of drug-likeness (QED) is 0.403. The Balaban J connectivity index is 3.38. The molecular formula is C7H12S5. The number of thioether (sulfide) groups is 2. The fourth-order valence-electron chi connectivity index (χ4n) is 0.576. The van der Waals surface area contributed by atoms with E-state index in [0.29, 0.717) is 5.25 Å². The summed E-state index contributed by atoms with van der Waals surface area (Å²) in [6.07, 6.45) is 0. The van der Waals surface area contributed by atoms with E-state index in [1.165, 1.54) is 0 Å². The second-order valence-electron chi connectivity index (χ2n) is 2.01. The van der Waals surface area contributed by atoms with Crippen molar-refractivity contribution in [3.8, 4) is 0 Å². The summed E-state index contributed by atoms with van der Waals surface area (Å²) in [5.74, 6) is 3.93. The van der Waals surface area contributed by atoms with Crippen molar-refractivity contribution in [1.82, 2.24) is 0 Å². The summed E-state index contributed by atoms with van der Waals surface area (Å²) in [5.41, 5.74) is 0. The molecule has 0 saturated heterocycles. The molecule has 0 nitrogen and oxygen atoms in total. The third kappa shape index (κ3) is 7.86. The predicted octanol–water partition coefficient (Wildman–Crippen LogP) is 2.75. The smallest absolute Gasteiger partial charge is 0.0229 e. The van der Waals surface area contributed by atoms with Crippen molar-refractivity contribution >= 4 is 71.3 Å². The van der Waals surface area contributed by atoms with Crippen LogP contribution in [0.1, 0.15) is 0 Å². The Labute approximate surface area is 99.0 Å². The fourth-order valence-corrected chi connectivity index (χ4v) is 3.46. The van der Waals surface area contributed by atoms with Gasteiger partial charge < -0.3 is 0 Å². The van der Waals surface area contributed by atoms with E-state index < -0.39 is 0 Å². The summed E-state index contributed by atoms with van der Waals surface area (Å²) < 4.78 is 0. The van der Waals surface area contributed by atoms with Gasteiger partial charge in [-0.3, -0.25) is 0 Å². The molecule has 0 radical (unpaired) electrons. The van der Waals surface area contributed by atoms with Gasteiger partial charge >= 0.3 is 0 Å². The standard InChI is InChI=1S/C7H12S5/c8-1-3-11-6-7(5-10)12-4-2-9/h1-2,7,10H,3-6H2. The Kier molecular flexibility index (Phi) is 11.4. The second-order valence-corrected chi connectivity index (χ2v) is 5.45. The lowest BCUT2D eigenvalue weighted by atomic mass is 10.5. The molecule has 5 heteroatoms. The molecule has 0 aromatic heterocycles. The van der Waals surface area contributed by atoms with E-state index in [0.717, 1.165) is 23.0 Å². The van der Waals surface area contributed by atoms with Crippen LogP contribution >= 0.6 is 60.6 Å². The van der Waals surface area contributed by atoms with Gasteiger partial charge in [-0.25, -0.2) is 0 Å². The van der Waals surface area contributed by atoms with Crippen LogP contribution in [-0.4, -0.2) is 39.0 Å². The van der Waals surface area contributed by atoms with Crippen LogP contribution < -0.4 is 0 Å². The maximum Gasteiger partial charge on any atom is 0.0229 e. The van der Waals surface area contributed by atoms with E-state index in [4.69, 9.17) is 24.4 Å². The largest absolute Gasteiger partial charge is 0.178 e. The lowest BCUT2D eigenvalue weighted by molar-refractivity contribution is 1.16. The third-order valence-corrected chi connectivity index (χ3v) is 4.95. The number of rotatable bonds is 8. The Morgan fingerprint density at radius 2 is 1.92 bits per heavy atom. The van der Waals surface area contributed by atoms with Gasteiger partial charge in [-0.2, -0.15) is 36.2 Å². The Morgan fingerprint density at radius 3 is 2.42 bits per heavy atom. The van der Waals surface area contributed by atoms with E-state index in [1.54, 1.807) is 10.7 Å². The van der Waals surface area contributed by atoms with Gasteiger partial charge in [0.25, 0.3) is 0 Å². The molecule has 0 saturated carbocycles. The topological polar surface area (TPSA) is 0 Å². The maximum absolute atomic E-state index is 4.75. The molecule has 0 bridgehead atoms. The van der Waals surface area contributed by atoms with Crippen LogP contribution in [0.25, 0.3) is 0 Å². The maximum atomic E-state index is 4.75. The monoisotopic (exact) mass is 256 g/mol. The lowest BCUT2D eigenvalue weighted by Gasteiger charge is -2.10. The Hall–Kier alpha value is 1.23. The van der Waals surface area contributed by atoms with Crippen molar-refractivity contribution in [2.45, 2.75) is 5.25 Å². The molecule has 0 aliphatic heterocycles. The summed E-state index contributed by atoms with van der Waals surface area (Å²) in [6, 6.07) is 0. The average Bonchev–Trinajstić information content (AvgIpc) is 2.11. The third-order valence-electron chi connectivity index (χ3n) is 1.09. The average molecular weight is 257 g/mol. The highest BCUT2D eigenvalue weighted by Gasteiger charge is 2.05.